The summed E-state index contributed by atoms with van der Waals surface area (Å²) < 4.78 is 37.6. The van der Waals surface area contributed by atoms with E-state index in [1.54, 1.807) is 6.07 Å². The van der Waals surface area contributed by atoms with Crippen molar-refractivity contribution in [2.24, 2.45) is 0 Å². The van der Waals surface area contributed by atoms with Crippen LogP contribution in [-0.2, 0) is 48.2 Å². The molecule has 0 aromatic heterocycles. The largest absolute Gasteiger partial charge is 0.652 e. The van der Waals surface area contributed by atoms with Crippen LogP contribution in [0.4, 0.5) is 8.78 Å². The Kier molecular flexibility index (Phi) is 5.26. The summed E-state index contributed by atoms with van der Waals surface area (Å²) in [5, 5.41) is 0. The van der Waals surface area contributed by atoms with Gasteiger partial charge in [0, 0.05) is 42.7 Å². The van der Waals surface area contributed by atoms with Crippen LogP contribution in [0.5, 0.6) is 5.75 Å². The van der Waals surface area contributed by atoms with E-state index in [-0.39, 0.29) is 44.0 Å². The van der Waals surface area contributed by atoms with Crippen molar-refractivity contribution in [3.63, 3.8) is 0 Å². The first-order valence-electron chi connectivity index (χ1n) is 4.74. The van der Waals surface area contributed by atoms with Crippen molar-refractivity contribution in [1.82, 2.24) is 0 Å². The molecule has 0 amide bonds. The maximum Gasteiger partial charge on any atom is 0.278 e. The van der Waals surface area contributed by atoms with E-state index in [0.717, 1.165) is 7.11 Å². The number of fused-ring (bicyclic) bond motifs is 1. The van der Waals surface area contributed by atoms with Crippen LogP contribution in [0.1, 0.15) is 12.0 Å². The van der Waals surface area contributed by atoms with Crippen LogP contribution in [-0.4, -0.2) is 13.1 Å². The molecule has 0 atom stereocenters. The molecule has 0 unspecified atom stereocenters. The van der Waals surface area contributed by atoms with Gasteiger partial charge in [-0.1, -0.05) is 22.0 Å². The van der Waals surface area contributed by atoms with E-state index in [1.165, 1.54) is 12.1 Å². The number of halogens is 3. The van der Waals surface area contributed by atoms with Gasteiger partial charge in [0.2, 0.25) is 0 Å². The first-order chi connectivity index (χ1) is 7.95. The maximum absolute atomic E-state index is 13.9. The average Bonchev–Trinajstić information content (AvgIpc) is 2.52. The molecule has 7 heteroatoms. The van der Waals surface area contributed by atoms with Crippen LogP contribution in [0.25, 0.3) is 0 Å². The number of hydrogen-bond donors (Lipinski definition) is 0. The molecule has 0 fully saturated rings. The third-order valence-corrected chi connectivity index (χ3v) is 2.89. The minimum Gasteiger partial charge on any atom is -0.652 e. The summed E-state index contributed by atoms with van der Waals surface area (Å²) in [6, 6.07) is 4.30. The summed E-state index contributed by atoms with van der Waals surface area (Å²) in [5.74, 6) is -3.96. The second-order valence-corrected chi connectivity index (χ2v) is 4.41. The normalized spacial score (nSPS) is 16.4. The minimum atomic E-state index is -3.27. The average molecular weight is 395 g/mol. The van der Waals surface area contributed by atoms with Crippen molar-refractivity contribution >= 4 is 21.9 Å². The number of rotatable bonds is 2. The Morgan fingerprint density at radius 1 is 1.56 bits per heavy atom. The maximum atomic E-state index is 13.9. The number of ether oxygens (including phenoxy) is 2. The number of benzene rings is 1. The molecule has 2 rings (SSSR count). The van der Waals surface area contributed by atoms with Crippen LogP contribution < -0.4 is 4.74 Å². The Bertz CT molecular complexity index is 468. The third-order valence-electron chi connectivity index (χ3n) is 2.40. The fourth-order valence-corrected chi connectivity index (χ4v) is 1.90. The predicted molar refractivity (Wildman–Crippen MR) is 58.5 cm³/mol. The Morgan fingerprint density at radius 3 is 2.83 bits per heavy atom. The van der Waals surface area contributed by atoms with Crippen LogP contribution in [0.15, 0.2) is 22.7 Å². The summed E-state index contributed by atoms with van der Waals surface area (Å²) >= 11 is 3.11. The van der Waals surface area contributed by atoms with E-state index >= 15 is 0 Å². The van der Waals surface area contributed by atoms with E-state index in [0.29, 0.717) is 4.47 Å². The van der Waals surface area contributed by atoms with Crippen molar-refractivity contribution in [2.75, 3.05) is 7.11 Å². The molecular formula is C11H8BrF2O3Y-. The predicted octanol–water partition coefficient (Wildman–Crippen LogP) is 3.03. The van der Waals surface area contributed by atoms with Gasteiger partial charge in [-0.2, -0.15) is 0 Å². The summed E-state index contributed by atoms with van der Waals surface area (Å²) in [7, 11) is 1.14. The standard InChI is InChI=1S/C11H8BrF2O3.Y/c1-16-10(15)5-9-11(13,14)7-4-6(12)2-3-8(7)17-9;/h2-4H,5H2,1H3;/q-1;. The second kappa shape index (κ2) is 5.93. The van der Waals surface area contributed by atoms with Gasteiger partial charge in [-0.3, -0.25) is 4.79 Å². The van der Waals surface area contributed by atoms with Gasteiger partial charge in [-0.15, -0.1) is 0 Å². The first-order valence-corrected chi connectivity index (χ1v) is 5.53. The molecule has 1 heterocycles. The molecule has 1 aromatic carbocycles. The number of alkyl halides is 2. The number of hydrogen-bond acceptors (Lipinski definition) is 3. The molecule has 0 spiro atoms. The van der Waals surface area contributed by atoms with Crippen molar-refractivity contribution < 1.29 is 55.8 Å². The monoisotopic (exact) mass is 394 g/mol. The summed E-state index contributed by atoms with van der Waals surface area (Å²) in [4.78, 5) is 11.0. The molecule has 0 saturated heterocycles. The van der Waals surface area contributed by atoms with Crippen LogP contribution in [0, 0.1) is 6.10 Å². The van der Waals surface area contributed by atoms with Gasteiger partial charge in [-0.05, 0) is 24.6 Å². The summed E-state index contributed by atoms with van der Waals surface area (Å²) in [6.45, 7) is 0. The number of carbonyl (C=O) groups excluding carboxylic acids is 1. The molecule has 1 aromatic rings. The quantitative estimate of drug-likeness (QED) is 0.571. The molecule has 0 N–H and O–H groups in total. The fraction of sp³-hybridized carbons (Fsp3) is 0.273. The van der Waals surface area contributed by atoms with Crippen molar-refractivity contribution in [1.29, 1.82) is 0 Å². The van der Waals surface area contributed by atoms with E-state index < -0.39 is 24.4 Å². The summed E-state index contributed by atoms with van der Waals surface area (Å²) in [5.41, 5.74) is -0.245. The molecular weight excluding hydrogens is 387 g/mol. The van der Waals surface area contributed by atoms with Gasteiger partial charge in [0.1, 0.15) is 0 Å². The number of carbonyl (C=O) groups is 1. The fourth-order valence-electron chi connectivity index (χ4n) is 1.53. The molecule has 1 aliphatic rings. The first kappa shape index (κ1) is 16.0. The Balaban J connectivity index is 0.00000162. The molecule has 3 nitrogen and oxygen atoms in total. The van der Waals surface area contributed by atoms with E-state index in [2.05, 4.69) is 20.7 Å². The minimum absolute atomic E-state index is 0. The van der Waals surface area contributed by atoms with Gasteiger partial charge in [0.25, 0.3) is 5.97 Å². The van der Waals surface area contributed by atoms with Gasteiger partial charge < -0.3 is 9.47 Å². The van der Waals surface area contributed by atoms with E-state index in [9.17, 15) is 13.6 Å². The molecule has 95 valence electrons. The molecule has 0 saturated carbocycles. The van der Waals surface area contributed by atoms with Gasteiger partial charge in [0.15, 0.2) is 5.92 Å². The van der Waals surface area contributed by atoms with Crippen molar-refractivity contribution in [2.45, 2.75) is 12.3 Å². The Morgan fingerprint density at radius 2 is 2.22 bits per heavy atom. The topological polar surface area (TPSA) is 35.5 Å². The number of methoxy groups -OCH3 is 1. The molecule has 1 radical (unpaired) electrons. The molecule has 0 bridgehead atoms. The van der Waals surface area contributed by atoms with Gasteiger partial charge >= 0.3 is 0 Å². The number of esters is 1. The smallest absolute Gasteiger partial charge is 0.278 e. The van der Waals surface area contributed by atoms with E-state index in [1.807, 2.05) is 0 Å². The second-order valence-electron chi connectivity index (χ2n) is 3.49. The molecule has 1 aliphatic heterocycles. The Labute approximate surface area is 136 Å². The van der Waals surface area contributed by atoms with Crippen molar-refractivity contribution in [3.8, 4) is 5.75 Å². The zero-order chi connectivity index (χ0) is 12.6. The van der Waals surface area contributed by atoms with E-state index in [4.69, 9.17) is 4.74 Å². The van der Waals surface area contributed by atoms with Gasteiger partial charge in [0.05, 0.1) is 12.9 Å². The molecule has 18 heavy (non-hydrogen) atoms. The van der Waals surface area contributed by atoms with Crippen LogP contribution >= 0.6 is 15.9 Å². The van der Waals surface area contributed by atoms with Gasteiger partial charge in [-0.25, -0.2) is 8.78 Å². The zero-order valence-corrected chi connectivity index (χ0v) is 13.8. The SMILES string of the molecule is COC(=O)C[C-]1Oc2ccc(Br)cc2C1(F)F.[Y]. The zero-order valence-electron chi connectivity index (χ0n) is 9.38. The van der Waals surface area contributed by atoms with Crippen LogP contribution in [0.3, 0.4) is 0 Å². The van der Waals surface area contributed by atoms with Crippen molar-refractivity contribution in [3.05, 3.63) is 34.3 Å². The van der Waals surface area contributed by atoms with Crippen LogP contribution in [0.2, 0.25) is 0 Å². The third kappa shape index (κ3) is 2.91. The Hall–Kier alpha value is -0.0661. The molecule has 0 aliphatic carbocycles. The summed E-state index contributed by atoms with van der Waals surface area (Å²) in [6.07, 6.45) is -1.16.